The SMILES string of the molecule is C=C/C=C/C=C(\c1ccc2c(C(C)C)cc(Nc3cc(C)cc(C)c3)cc2c1)N(c1cccc(C)c1)c1cccc2c1oc1ccccc12. The van der Waals surface area contributed by atoms with Crippen LogP contribution in [0.4, 0.5) is 22.7 Å². The van der Waals surface area contributed by atoms with E-state index in [-0.39, 0.29) is 0 Å². The van der Waals surface area contributed by atoms with Gasteiger partial charge in [0.2, 0.25) is 0 Å². The zero-order chi connectivity index (χ0) is 34.1. The first kappa shape index (κ1) is 31.8. The predicted octanol–water partition coefficient (Wildman–Crippen LogP) is 13.5. The van der Waals surface area contributed by atoms with Crippen molar-refractivity contribution in [1.82, 2.24) is 0 Å². The number of furan rings is 1. The molecule has 0 saturated carbocycles. The Kier molecular flexibility index (Phi) is 8.67. The molecule has 0 bridgehead atoms. The van der Waals surface area contributed by atoms with Crippen molar-refractivity contribution in [3.63, 3.8) is 0 Å². The van der Waals surface area contributed by atoms with Gasteiger partial charge in [0.05, 0.1) is 11.4 Å². The maximum absolute atomic E-state index is 6.62. The molecule has 0 radical (unpaired) electrons. The van der Waals surface area contributed by atoms with E-state index in [1.165, 1.54) is 33.0 Å². The van der Waals surface area contributed by atoms with Gasteiger partial charge in [-0.05, 0) is 126 Å². The van der Waals surface area contributed by atoms with Crippen LogP contribution in [0, 0.1) is 20.8 Å². The van der Waals surface area contributed by atoms with Crippen LogP contribution in [0.1, 0.15) is 47.6 Å². The van der Waals surface area contributed by atoms with Crippen LogP contribution in [0.15, 0.2) is 151 Å². The molecule has 3 heteroatoms. The zero-order valence-electron chi connectivity index (χ0n) is 28.9. The van der Waals surface area contributed by atoms with Crippen molar-refractivity contribution in [2.24, 2.45) is 0 Å². The van der Waals surface area contributed by atoms with Gasteiger partial charge in [0.1, 0.15) is 5.58 Å². The van der Waals surface area contributed by atoms with E-state index in [9.17, 15) is 0 Å². The highest BCUT2D eigenvalue weighted by atomic mass is 16.3. The predicted molar refractivity (Wildman–Crippen MR) is 212 cm³/mol. The number of para-hydroxylation sites is 2. The van der Waals surface area contributed by atoms with Crippen molar-refractivity contribution in [3.8, 4) is 0 Å². The molecule has 0 amide bonds. The normalized spacial score (nSPS) is 12.1. The minimum atomic E-state index is 0.356. The number of hydrogen-bond donors (Lipinski definition) is 1. The lowest BCUT2D eigenvalue weighted by Crippen LogP contribution is -2.16. The number of aryl methyl sites for hydroxylation is 3. The molecule has 0 aliphatic heterocycles. The highest BCUT2D eigenvalue weighted by molar-refractivity contribution is 6.11. The molecule has 7 aromatic rings. The molecule has 0 spiro atoms. The summed E-state index contributed by atoms with van der Waals surface area (Å²) < 4.78 is 6.62. The van der Waals surface area contributed by atoms with E-state index in [1.807, 2.05) is 24.3 Å². The molecular weight excluding hydrogens is 597 g/mol. The molecule has 1 aromatic heterocycles. The lowest BCUT2D eigenvalue weighted by Gasteiger charge is -2.29. The lowest BCUT2D eigenvalue weighted by molar-refractivity contribution is 0.669. The quantitative estimate of drug-likeness (QED) is 0.160. The number of nitrogens with one attached hydrogen (secondary N) is 1. The van der Waals surface area contributed by atoms with Gasteiger partial charge in [0.25, 0.3) is 0 Å². The summed E-state index contributed by atoms with van der Waals surface area (Å²) in [6.45, 7) is 14.9. The first-order chi connectivity index (χ1) is 23.8. The molecule has 0 aliphatic carbocycles. The second-order valence-electron chi connectivity index (χ2n) is 13.3. The molecule has 7 rings (SSSR count). The largest absolute Gasteiger partial charge is 0.454 e. The standard InChI is InChI=1S/C46H42N2O/c1-7-8-9-18-43(34-21-22-39-35(27-34)28-37(29-42(39)30(2)3)47-36-24-32(5)23-33(6)25-36)48(38-15-12-14-31(4)26-38)44-19-13-17-41-40-16-10-11-20-45(40)49-46(41)44/h7-30,47H,1H2,2-6H3/b9-8+,43-18+. The third-order valence-electron chi connectivity index (χ3n) is 9.04. The molecule has 3 nitrogen and oxygen atoms in total. The zero-order valence-corrected chi connectivity index (χ0v) is 28.9. The van der Waals surface area contributed by atoms with E-state index in [2.05, 4.69) is 167 Å². The van der Waals surface area contributed by atoms with Crippen molar-refractivity contribution >= 4 is 61.2 Å². The summed E-state index contributed by atoms with van der Waals surface area (Å²) in [5.41, 5.74) is 13.0. The van der Waals surface area contributed by atoms with Crippen LogP contribution in [0.2, 0.25) is 0 Å². The maximum Gasteiger partial charge on any atom is 0.159 e. The summed E-state index contributed by atoms with van der Waals surface area (Å²) >= 11 is 0. The molecular formula is C46H42N2O. The monoisotopic (exact) mass is 638 g/mol. The Hall–Kier alpha value is -5.80. The number of benzene rings is 6. The highest BCUT2D eigenvalue weighted by Gasteiger charge is 2.22. The van der Waals surface area contributed by atoms with Gasteiger partial charge in [-0.25, -0.2) is 0 Å². The van der Waals surface area contributed by atoms with Crippen LogP contribution in [0.25, 0.3) is 38.4 Å². The second kappa shape index (κ2) is 13.4. The van der Waals surface area contributed by atoms with Crippen LogP contribution in [0.5, 0.6) is 0 Å². The van der Waals surface area contributed by atoms with Crippen LogP contribution in [-0.2, 0) is 0 Å². The van der Waals surface area contributed by atoms with Gasteiger partial charge in [-0.3, -0.25) is 0 Å². The second-order valence-corrected chi connectivity index (χ2v) is 13.3. The Balaban J connectivity index is 1.45. The summed E-state index contributed by atoms with van der Waals surface area (Å²) in [6, 6.07) is 41.4. The third kappa shape index (κ3) is 6.40. The molecule has 0 atom stereocenters. The van der Waals surface area contributed by atoms with Gasteiger partial charge in [-0.15, -0.1) is 0 Å². The molecule has 1 N–H and O–H groups in total. The molecule has 1 heterocycles. The van der Waals surface area contributed by atoms with E-state index >= 15 is 0 Å². The van der Waals surface area contributed by atoms with E-state index in [1.54, 1.807) is 0 Å². The fraction of sp³-hybridized carbons (Fsp3) is 0.130. The Morgan fingerprint density at radius 2 is 1.45 bits per heavy atom. The first-order valence-corrected chi connectivity index (χ1v) is 17.0. The van der Waals surface area contributed by atoms with Crippen molar-refractivity contribution in [3.05, 3.63) is 174 Å². The van der Waals surface area contributed by atoms with Crippen molar-refractivity contribution in [2.45, 2.75) is 40.5 Å². The number of anilines is 4. The van der Waals surface area contributed by atoms with Gasteiger partial charge >= 0.3 is 0 Å². The maximum atomic E-state index is 6.62. The first-order valence-electron chi connectivity index (χ1n) is 17.0. The van der Waals surface area contributed by atoms with Gasteiger partial charge < -0.3 is 14.6 Å². The van der Waals surface area contributed by atoms with Crippen molar-refractivity contribution in [2.75, 3.05) is 10.2 Å². The average Bonchev–Trinajstić information content (AvgIpc) is 3.46. The third-order valence-corrected chi connectivity index (χ3v) is 9.04. The molecule has 0 unspecified atom stereocenters. The number of rotatable bonds is 9. The van der Waals surface area contributed by atoms with Gasteiger partial charge in [0.15, 0.2) is 5.58 Å². The Morgan fingerprint density at radius 3 is 2.22 bits per heavy atom. The fourth-order valence-corrected chi connectivity index (χ4v) is 6.93. The van der Waals surface area contributed by atoms with Crippen LogP contribution < -0.4 is 10.2 Å². The summed E-state index contributed by atoms with van der Waals surface area (Å²) in [5, 5.41) is 8.35. The molecule has 0 aliphatic rings. The average molecular weight is 639 g/mol. The van der Waals surface area contributed by atoms with E-state index < -0.39 is 0 Å². The van der Waals surface area contributed by atoms with E-state index in [0.717, 1.165) is 55.9 Å². The van der Waals surface area contributed by atoms with Crippen LogP contribution in [0.3, 0.4) is 0 Å². The molecule has 6 aromatic carbocycles. The minimum absolute atomic E-state index is 0.356. The smallest absolute Gasteiger partial charge is 0.159 e. The molecule has 49 heavy (non-hydrogen) atoms. The van der Waals surface area contributed by atoms with Crippen molar-refractivity contribution in [1.29, 1.82) is 0 Å². The van der Waals surface area contributed by atoms with Crippen molar-refractivity contribution < 1.29 is 4.42 Å². The fourth-order valence-electron chi connectivity index (χ4n) is 6.93. The van der Waals surface area contributed by atoms with E-state index in [4.69, 9.17) is 4.42 Å². The summed E-state index contributed by atoms with van der Waals surface area (Å²) in [7, 11) is 0. The lowest BCUT2D eigenvalue weighted by atomic mass is 9.93. The van der Waals surface area contributed by atoms with Crippen LogP contribution >= 0.6 is 0 Å². The molecule has 0 fully saturated rings. The number of nitrogens with zero attached hydrogens (tertiary/aromatic N) is 1. The highest BCUT2D eigenvalue weighted by Crippen LogP contribution is 2.43. The summed E-state index contributed by atoms with van der Waals surface area (Å²) in [5.74, 6) is 0.356. The molecule has 242 valence electrons. The Labute approximate surface area is 289 Å². The number of hydrogen-bond acceptors (Lipinski definition) is 3. The van der Waals surface area contributed by atoms with Crippen LogP contribution in [-0.4, -0.2) is 0 Å². The molecule has 0 saturated heterocycles. The van der Waals surface area contributed by atoms with Gasteiger partial charge in [-0.1, -0.05) is 99.3 Å². The van der Waals surface area contributed by atoms with E-state index in [0.29, 0.717) is 5.92 Å². The summed E-state index contributed by atoms with van der Waals surface area (Å²) in [6.07, 6.45) is 8.02. The Bertz CT molecular complexity index is 2380. The number of allylic oxidation sites excluding steroid dienone is 4. The van der Waals surface area contributed by atoms with Gasteiger partial charge in [0, 0.05) is 27.8 Å². The van der Waals surface area contributed by atoms with Gasteiger partial charge in [-0.2, -0.15) is 0 Å². The Morgan fingerprint density at radius 1 is 0.694 bits per heavy atom. The summed E-state index contributed by atoms with van der Waals surface area (Å²) in [4.78, 5) is 2.33. The number of fused-ring (bicyclic) bond motifs is 4. The minimum Gasteiger partial charge on any atom is -0.454 e. The topological polar surface area (TPSA) is 28.4 Å².